The number of hydrogen-bond donors (Lipinski definition) is 1. The number of carbonyl (C=O) groups excluding carboxylic acids is 1. The SMILES string of the molecule is F.F.F.F.F.O=Cc1ccccc1O. The van der Waals surface area contributed by atoms with Gasteiger partial charge in [-0.1, -0.05) is 12.1 Å². The van der Waals surface area contributed by atoms with Gasteiger partial charge >= 0.3 is 0 Å². The fourth-order valence-corrected chi connectivity index (χ4v) is 0.587. The first-order valence-corrected chi connectivity index (χ1v) is 2.58. The molecule has 0 aliphatic carbocycles. The second kappa shape index (κ2) is 13.9. The first-order valence-electron chi connectivity index (χ1n) is 2.58. The number of para-hydroxylation sites is 1. The first kappa shape index (κ1) is 29.5. The van der Waals surface area contributed by atoms with Gasteiger partial charge in [-0.2, -0.15) is 0 Å². The third kappa shape index (κ3) is 7.01. The van der Waals surface area contributed by atoms with E-state index in [1.54, 1.807) is 18.2 Å². The van der Waals surface area contributed by atoms with Crippen LogP contribution in [0.5, 0.6) is 5.75 Å². The number of benzene rings is 1. The van der Waals surface area contributed by atoms with E-state index in [1.165, 1.54) is 6.07 Å². The van der Waals surface area contributed by atoms with Gasteiger partial charge in [0.2, 0.25) is 0 Å². The Kier molecular flexibility index (Phi) is 29.2. The summed E-state index contributed by atoms with van der Waals surface area (Å²) in [5.41, 5.74) is 0.331. The lowest BCUT2D eigenvalue weighted by atomic mass is 10.2. The smallest absolute Gasteiger partial charge is 0.153 e. The van der Waals surface area contributed by atoms with Gasteiger partial charge in [0, 0.05) is 0 Å². The maximum Gasteiger partial charge on any atom is 0.153 e. The van der Waals surface area contributed by atoms with Crippen LogP contribution in [-0.2, 0) is 0 Å². The second-order valence-electron chi connectivity index (χ2n) is 1.68. The van der Waals surface area contributed by atoms with E-state index in [0.29, 0.717) is 11.8 Å². The van der Waals surface area contributed by atoms with Crippen LogP contribution in [-0.4, -0.2) is 11.4 Å². The van der Waals surface area contributed by atoms with Gasteiger partial charge in [0.25, 0.3) is 0 Å². The Balaban J connectivity index is -0.0000000540. The summed E-state index contributed by atoms with van der Waals surface area (Å²) < 4.78 is 0. The van der Waals surface area contributed by atoms with Crippen molar-refractivity contribution in [2.45, 2.75) is 0 Å². The first-order chi connectivity index (χ1) is 4.34. The average Bonchev–Trinajstić information content (AvgIpc) is 1.89. The Bertz CT molecular complexity index is 231. The van der Waals surface area contributed by atoms with Crippen molar-refractivity contribution in [3.05, 3.63) is 29.8 Å². The van der Waals surface area contributed by atoms with Crippen LogP contribution >= 0.6 is 0 Å². The van der Waals surface area contributed by atoms with E-state index in [0.717, 1.165) is 0 Å². The molecule has 0 atom stereocenters. The van der Waals surface area contributed by atoms with Gasteiger partial charge in [0.05, 0.1) is 5.56 Å². The fraction of sp³-hybridized carbons (Fsp3) is 0. The summed E-state index contributed by atoms with van der Waals surface area (Å²) in [6.45, 7) is 0. The number of hydrogen-bond acceptors (Lipinski definition) is 2. The van der Waals surface area contributed by atoms with Crippen molar-refractivity contribution in [2.24, 2.45) is 0 Å². The molecular formula is C7H11F5O2. The van der Waals surface area contributed by atoms with Crippen molar-refractivity contribution in [3.63, 3.8) is 0 Å². The number of phenolic OH excluding ortho intramolecular Hbond substituents is 1. The van der Waals surface area contributed by atoms with Crippen LogP contribution < -0.4 is 0 Å². The summed E-state index contributed by atoms with van der Waals surface area (Å²) in [4.78, 5) is 10.1. The highest BCUT2D eigenvalue weighted by Gasteiger charge is 1.93. The van der Waals surface area contributed by atoms with Gasteiger partial charge in [0.15, 0.2) is 6.29 Å². The molecule has 0 heterocycles. The minimum absolute atomic E-state index is 0. The van der Waals surface area contributed by atoms with Crippen molar-refractivity contribution >= 4 is 6.29 Å². The molecule has 1 aromatic carbocycles. The van der Waals surface area contributed by atoms with Gasteiger partial charge in [0.1, 0.15) is 5.75 Å². The topological polar surface area (TPSA) is 37.3 Å². The van der Waals surface area contributed by atoms with Crippen LogP contribution in [0.4, 0.5) is 23.5 Å². The molecule has 0 aliphatic heterocycles. The van der Waals surface area contributed by atoms with Gasteiger partial charge in [-0.3, -0.25) is 28.3 Å². The lowest BCUT2D eigenvalue weighted by molar-refractivity contribution is 0.112. The molecular weight excluding hydrogens is 211 g/mol. The zero-order valence-corrected chi connectivity index (χ0v) is 6.78. The average molecular weight is 222 g/mol. The highest BCUT2D eigenvalue weighted by molar-refractivity contribution is 5.78. The Morgan fingerprint density at radius 3 is 1.64 bits per heavy atom. The quantitative estimate of drug-likeness (QED) is 0.582. The van der Waals surface area contributed by atoms with Crippen molar-refractivity contribution in [1.82, 2.24) is 0 Å². The minimum Gasteiger partial charge on any atom is -0.507 e. The van der Waals surface area contributed by atoms with Crippen molar-refractivity contribution < 1.29 is 33.4 Å². The molecule has 1 N–H and O–H groups in total. The van der Waals surface area contributed by atoms with Crippen molar-refractivity contribution in [1.29, 1.82) is 0 Å². The van der Waals surface area contributed by atoms with Gasteiger partial charge < -0.3 is 5.11 Å². The summed E-state index contributed by atoms with van der Waals surface area (Å²) in [6.07, 6.45) is 0.620. The molecule has 0 bridgehead atoms. The van der Waals surface area contributed by atoms with Crippen molar-refractivity contribution in [3.8, 4) is 5.75 Å². The lowest BCUT2D eigenvalue weighted by Crippen LogP contribution is -1.77. The predicted molar refractivity (Wildman–Crippen MR) is 46.0 cm³/mol. The fourth-order valence-electron chi connectivity index (χ4n) is 0.587. The molecule has 0 aromatic heterocycles. The standard InChI is InChI=1S/C7H6O2.5FH/c8-5-6-3-1-2-4-7(6)9;;;;;/h1-5,9H;5*1H. The molecule has 86 valence electrons. The molecule has 0 amide bonds. The number of aromatic hydroxyl groups is 1. The molecule has 0 aliphatic rings. The molecule has 7 heteroatoms. The highest BCUT2D eigenvalue weighted by atomic mass is 19.0. The molecule has 0 saturated heterocycles. The summed E-state index contributed by atoms with van der Waals surface area (Å²) in [5.74, 6) is 0.0347. The molecule has 0 spiro atoms. The van der Waals surface area contributed by atoms with E-state index in [4.69, 9.17) is 5.11 Å². The van der Waals surface area contributed by atoms with E-state index in [9.17, 15) is 4.79 Å². The number of aldehydes is 1. The van der Waals surface area contributed by atoms with E-state index in [-0.39, 0.29) is 29.3 Å². The molecule has 0 radical (unpaired) electrons. The van der Waals surface area contributed by atoms with E-state index < -0.39 is 0 Å². The third-order valence-electron chi connectivity index (χ3n) is 1.06. The minimum atomic E-state index is 0. The molecule has 1 rings (SSSR count). The number of carbonyl (C=O) groups is 1. The summed E-state index contributed by atoms with van der Waals surface area (Å²) in [5, 5.41) is 8.88. The van der Waals surface area contributed by atoms with Gasteiger partial charge in [-0.05, 0) is 12.1 Å². The summed E-state index contributed by atoms with van der Waals surface area (Å²) >= 11 is 0. The lowest BCUT2D eigenvalue weighted by Gasteiger charge is -1.91. The second-order valence-corrected chi connectivity index (χ2v) is 1.68. The van der Waals surface area contributed by atoms with Gasteiger partial charge in [-0.15, -0.1) is 0 Å². The zero-order valence-electron chi connectivity index (χ0n) is 6.78. The number of rotatable bonds is 1. The molecule has 0 unspecified atom stereocenters. The Labute approximate surface area is 76.4 Å². The van der Waals surface area contributed by atoms with E-state index in [2.05, 4.69) is 0 Å². The normalized spacial score (nSPS) is 5.71. The maximum absolute atomic E-state index is 10.1. The zero-order chi connectivity index (χ0) is 6.69. The Hall–Kier alpha value is -1.66. The Morgan fingerprint density at radius 1 is 0.929 bits per heavy atom. The number of halogens is 5. The molecule has 0 saturated carbocycles. The highest BCUT2D eigenvalue weighted by Crippen LogP contribution is 2.11. The van der Waals surface area contributed by atoms with Crippen LogP contribution in [0.25, 0.3) is 0 Å². The predicted octanol–water partition coefficient (Wildman–Crippen LogP) is 1.97. The van der Waals surface area contributed by atoms with E-state index in [1.807, 2.05) is 0 Å². The number of phenols is 1. The van der Waals surface area contributed by atoms with Crippen LogP contribution in [0.1, 0.15) is 10.4 Å². The molecule has 2 nitrogen and oxygen atoms in total. The van der Waals surface area contributed by atoms with E-state index >= 15 is 0 Å². The maximum atomic E-state index is 10.1. The van der Waals surface area contributed by atoms with Gasteiger partial charge in [-0.25, -0.2) is 0 Å². The molecule has 1 aromatic rings. The monoisotopic (exact) mass is 222 g/mol. The summed E-state index contributed by atoms with van der Waals surface area (Å²) in [6, 6.07) is 6.40. The van der Waals surface area contributed by atoms with Crippen LogP contribution in [0, 0.1) is 0 Å². The van der Waals surface area contributed by atoms with Crippen LogP contribution in [0.3, 0.4) is 0 Å². The third-order valence-corrected chi connectivity index (χ3v) is 1.06. The van der Waals surface area contributed by atoms with Crippen molar-refractivity contribution in [2.75, 3.05) is 0 Å². The largest absolute Gasteiger partial charge is 0.507 e. The molecule has 14 heavy (non-hydrogen) atoms. The van der Waals surface area contributed by atoms with Crippen LogP contribution in [0.15, 0.2) is 24.3 Å². The summed E-state index contributed by atoms with van der Waals surface area (Å²) in [7, 11) is 0. The Morgan fingerprint density at radius 2 is 1.36 bits per heavy atom. The van der Waals surface area contributed by atoms with Crippen LogP contribution in [0.2, 0.25) is 0 Å². The molecule has 0 fully saturated rings.